The first kappa shape index (κ1) is 16.4. The summed E-state index contributed by atoms with van der Waals surface area (Å²) in [7, 11) is 0. The molecule has 8 heteroatoms. The van der Waals surface area contributed by atoms with E-state index in [1.54, 1.807) is 17.9 Å². The molecule has 0 aliphatic carbocycles. The SMILES string of the molecule is Cc1cc(NC(=O)CN2CCCc3cc(C(F)(F)F)ccc32)on1. The second-order valence-electron chi connectivity index (χ2n) is 5.75. The maximum absolute atomic E-state index is 12.8. The fraction of sp³-hybridized carbons (Fsp3) is 0.375. The van der Waals surface area contributed by atoms with E-state index < -0.39 is 11.7 Å². The molecule has 0 bridgehead atoms. The number of rotatable bonds is 3. The Kier molecular flexibility index (Phi) is 4.21. The number of nitrogens with one attached hydrogen (secondary N) is 1. The highest BCUT2D eigenvalue weighted by Crippen LogP contribution is 2.35. The molecule has 3 rings (SSSR count). The van der Waals surface area contributed by atoms with Gasteiger partial charge in [0.1, 0.15) is 0 Å². The average Bonchev–Trinajstić information content (AvgIpc) is 2.91. The Morgan fingerprint density at radius 3 is 2.83 bits per heavy atom. The summed E-state index contributed by atoms with van der Waals surface area (Å²) >= 11 is 0. The first-order chi connectivity index (χ1) is 11.3. The van der Waals surface area contributed by atoms with Crippen LogP contribution in [-0.2, 0) is 17.4 Å². The van der Waals surface area contributed by atoms with E-state index in [9.17, 15) is 18.0 Å². The topological polar surface area (TPSA) is 58.4 Å². The van der Waals surface area contributed by atoms with E-state index in [-0.39, 0.29) is 18.3 Å². The normalized spacial score (nSPS) is 14.4. The minimum atomic E-state index is -4.36. The second kappa shape index (κ2) is 6.18. The van der Waals surface area contributed by atoms with Gasteiger partial charge in [0, 0.05) is 18.3 Å². The number of carbonyl (C=O) groups is 1. The molecule has 24 heavy (non-hydrogen) atoms. The molecule has 2 heterocycles. The van der Waals surface area contributed by atoms with E-state index in [1.807, 2.05) is 0 Å². The van der Waals surface area contributed by atoms with Crippen LogP contribution in [0, 0.1) is 6.92 Å². The lowest BCUT2D eigenvalue weighted by Gasteiger charge is -2.31. The molecule has 0 saturated heterocycles. The van der Waals surface area contributed by atoms with Gasteiger partial charge in [0.25, 0.3) is 0 Å². The van der Waals surface area contributed by atoms with Gasteiger partial charge >= 0.3 is 6.18 Å². The smallest absolute Gasteiger partial charge is 0.362 e. The fourth-order valence-electron chi connectivity index (χ4n) is 2.79. The fourth-order valence-corrected chi connectivity index (χ4v) is 2.79. The van der Waals surface area contributed by atoms with E-state index in [0.29, 0.717) is 36.3 Å². The Morgan fingerprint density at radius 1 is 1.38 bits per heavy atom. The van der Waals surface area contributed by atoms with E-state index in [0.717, 1.165) is 6.07 Å². The summed E-state index contributed by atoms with van der Waals surface area (Å²) in [4.78, 5) is 13.9. The maximum atomic E-state index is 12.8. The summed E-state index contributed by atoms with van der Waals surface area (Å²) in [6, 6.07) is 5.24. The summed E-state index contributed by atoms with van der Waals surface area (Å²) in [5.74, 6) is -0.0546. The molecule has 1 aromatic heterocycles. The van der Waals surface area contributed by atoms with Gasteiger partial charge in [-0.3, -0.25) is 10.1 Å². The molecule has 1 amide bonds. The number of alkyl halides is 3. The number of hydrogen-bond acceptors (Lipinski definition) is 4. The molecule has 0 atom stereocenters. The number of aryl methyl sites for hydroxylation is 2. The van der Waals surface area contributed by atoms with Crippen molar-refractivity contribution in [3.05, 3.63) is 41.1 Å². The quantitative estimate of drug-likeness (QED) is 0.931. The largest absolute Gasteiger partial charge is 0.416 e. The van der Waals surface area contributed by atoms with E-state index in [2.05, 4.69) is 10.5 Å². The van der Waals surface area contributed by atoms with Crippen LogP contribution in [0.5, 0.6) is 0 Å². The number of benzene rings is 1. The summed E-state index contributed by atoms with van der Waals surface area (Å²) in [5.41, 5.74) is 1.26. The Bertz CT molecular complexity index is 755. The van der Waals surface area contributed by atoms with Crippen LogP contribution in [0.25, 0.3) is 0 Å². The van der Waals surface area contributed by atoms with Crippen LogP contribution in [0.4, 0.5) is 24.7 Å². The molecule has 0 spiro atoms. The van der Waals surface area contributed by atoms with Crippen molar-refractivity contribution < 1.29 is 22.5 Å². The van der Waals surface area contributed by atoms with Crippen LogP contribution >= 0.6 is 0 Å². The molecule has 1 N–H and O–H groups in total. The first-order valence-electron chi connectivity index (χ1n) is 7.51. The molecule has 0 unspecified atom stereocenters. The van der Waals surface area contributed by atoms with Crippen molar-refractivity contribution in [3.63, 3.8) is 0 Å². The third-order valence-corrected chi connectivity index (χ3v) is 3.85. The zero-order chi connectivity index (χ0) is 17.3. The van der Waals surface area contributed by atoms with Crippen LogP contribution < -0.4 is 10.2 Å². The van der Waals surface area contributed by atoms with E-state index in [4.69, 9.17) is 4.52 Å². The van der Waals surface area contributed by atoms with Crippen LogP contribution in [0.15, 0.2) is 28.8 Å². The molecule has 2 aromatic rings. The van der Waals surface area contributed by atoms with E-state index >= 15 is 0 Å². The van der Waals surface area contributed by atoms with Crippen molar-refractivity contribution in [2.75, 3.05) is 23.3 Å². The number of fused-ring (bicyclic) bond motifs is 1. The predicted molar refractivity (Wildman–Crippen MR) is 81.8 cm³/mol. The molecular weight excluding hydrogens is 323 g/mol. The molecule has 5 nitrogen and oxygen atoms in total. The van der Waals surface area contributed by atoms with Gasteiger partial charge in [0.2, 0.25) is 11.8 Å². The number of amides is 1. The Labute approximate surface area is 136 Å². The van der Waals surface area contributed by atoms with Crippen molar-refractivity contribution in [1.29, 1.82) is 0 Å². The molecular formula is C16H16F3N3O2. The number of nitrogens with zero attached hydrogens (tertiary/aromatic N) is 2. The minimum Gasteiger partial charge on any atom is -0.362 e. The lowest BCUT2D eigenvalue weighted by atomic mass is 9.99. The summed E-state index contributed by atoms with van der Waals surface area (Å²) in [6.45, 7) is 2.39. The molecule has 1 aliphatic heterocycles. The van der Waals surface area contributed by atoms with Gasteiger partial charge in [-0.05, 0) is 43.5 Å². The molecule has 128 valence electrons. The summed E-state index contributed by atoms with van der Waals surface area (Å²) in [5, 5.41) is 6.26. The average molecular weight is 339 g/mol. The minimum absolute atomic E-state index is 0.0398. The number of anilines is 2. The summed E-state index contributed by atoms with van der Waals surface area (Å²) < 4.78 is 43.4. The highest BCUT2D eigenvalue weighted by molar-refractivity contribution is 5.93. The van der Waals surface area contributed by atoms with Crippen LogP contribution in [0.3, 0.4) is 0 Å². The molecule has 0 fully saturated rings. The first-order valence-corrected chi connectivity index (χ1v) is 7.51. The van der Waals surface area contributed by atoms with Crippen molar-refractivity contribution in [1.82, 2.24) is 5.16 Å². The lowest BCUT2D eigenvalue weighted by Crippen LogP contribution is -2.36. The van der Waals surface area contributed by atoms with E-state index in [1.165, 1.54) is 12.1 Å². The van der Waals surface area contributed by atoms with Crippen molar-refractivity contribution >= 4 is 17.5 Å². The van der Waals surface area contributed by atoms with Gasteiger partial charge in [0.05, 0.1) is 17.8 Å². The molecule has 1 aliphatic rings. The van der Waals surface area contributed by atoms with Gasteiger partial charge in [-0.2, -0.15) is 13.2 Å². The molecule has 0 radical (unpaired) electrons. The Morgan fingerprint density at radius 2 is 2.17 bits per heavy atom. The summed E-state index contributed by atoms with van der Waals surface area (Å²) in [6.07, 6.45) is -3.10. The molecule has 0 saturated carbocycles. The van der Waals surface area contributed by atoms with Gasteiger partial charge < -0.3 is 9.42 Å². The third-order valence-electron chi connectivity index (χ3n) is 3.85. The maximum Gasteiger partial charge on any atom is 0.416 e. The number of aromatic nitrogens is 1. The Balaban J connectivity index is 1.73. The second-order valence-corrected chi connectivity index (χ2v) is 5.75. The van der Waals surface area contributed by atoms with Crippen LogP contribution in [0.1, 0.15) is 23.2 Å². The third kappa shape index (κ3) is 3.52. The van der Waals surface area contributed by atoms with Crippen molar-refractivity contribution in [3.8, 4) is 0 Å². The number of halogens is 3. The van der Waals surface area contributed by atoms with Gasteiger partial charge in [-0.25, -0.2) is 0 Å². The number of hydrogen-bond donors (Lipinski definition) is 1. The highest BCUT2D eigenvalue weighted by atomic mass is 19.4. The monoisotopic (exact) mass is 339 g/mol. The van der Waals surface area contributed by atoms with Gasteiger partial charge in [-0.1, -0.05) is 5.16 Å². The standard InChI is InChI=1S/C16H16F3N3O2/c1-10-7-15(24-21-10)20-14(23)9-22-6-2-3-11-8-12(16(17,18)19)4-5-13(11)22/h4-5,7-8H,2-3,6,9H2,1H3,(H,20,23). The van der Waals surface area contributed by atoms with Crippen molar-refractivity contribution in [2.24, 2.45) is 0 Å². The van der Waals surface area contributed by atoms with Crippen LogP contribution in [0.2, 0.25) is 0 Å². The predicted octanol–water partition coefficient (Wildman–Crippen LogP) is 3.39. The van der Waals surface area contributed by atoms with Gasteiger partial charge in [-0.15, -0.1) is 0 Å². The number of carbonyl (C=O) groups excluding carboxylic acids is 1. The van der Waals surface area contributed by atoms with Gasteiger partial charge in [0.15, 0.2) is 0 Å². The van der Waals surface area contributed by atoms with Crippen LogP contribution in [-0.4, -0.2) is 24.2 Å². The Hall–Kier alpha value is -2.51. The highest BCUT2D eigenvalue weighted by Gasteiger charge is 2.32. The molecule has 1 aromatic carbocycles. The zero-order valence-electron chi connectivity index (χ0n) is 13.0. The van der Waals surface area contributed by atoms with Crippen molar-refractivity contribution in [2.45, 2.75) is 25.9 Å². The lowest BCUT2D eigenvalue weighted by molar-refractivity contribution is -0.137. The zero-order valence-corrected chi connectivity index (χ0v) is 13.0.